The average molecular weight is 321 g/mol. The Balaban J connectivity index is 0.000000422. The number of nitrogens with zero attached hydrogens (tertiary/aromatic N) is 3. The Bertz CT molecular complexity index is 634. The molecule has 0 aromatic heterocycles. The number of benzene rings is 2. The molecule has 2 aromatic carbocycles. The molecule has 2 aromatic rings. The Kier molecular flexibility index (Phi) is 6.31. The molecule has 0 radical (unpaired) electrons. The van der Waals surface area contributed by atoms with E-state index in [1.807, 2.05) is 67.6 Å². The van der Waals surface area contributed by atoms with Gasteiger partial charge >= 0.3 is 7.82 Å². The van der Waals surface area contributed by atoms with E-state index in [9.17, 15) is 0 Å². The van der Waals surface area contributed by atoms with E-state index in [-0.39, 0.29) is 0 Å². The van der Waals surface area contributed by atoms with Crippen LogP contribution in [-0.2, 0) is 10.1 Å². The predicted molar refractivity (Wildman–Crippen MR) is 82.7 cm³/mol. The number of phosphoric acid groups is 1. The highest BCUT2D eigenvalue weighted by Crippen LogP contribution is 2.33. The van der Waals surface area contributed by atoms with Crippen LogP contribution in [0.3, 0.4) is 0 Å². The van der Waals surface area contributed by atoms with Crippen LogP contribution in [0.2, 0.25) is 0 Å². The number of hydrogen-bond acceptors (Lipinski definition) is 2. The second-order valence-electron chi connectivity index (χ2n) is 4.51. The van der Waals surface area contributed by atoms with Crippen LogP contribution >= 0.6 is 7.82 Å². The van der Waals surface area contributed by atoms with Crippen molar-refractivity contribution in [2.24, 2.45) is 5.11 Å². The lowest BCUT2D eigenvalue weighted by atomic mass is 9.86. The molecule has 0 bridgehead atoms. The molecule has 0 amide bonds. The summed E-state index contributed by atoms with van der Waals surface area (Å²) in [7, 11) is -4.64. The van der Waals surface area contributed by atoms with Gasteiger partial charge in [-0.25, -0.2) is 4.57 Å². The summed E-state index contributed by atoms with van der Waals surface area (Å²) in [5.41, 5.74) is 10.1. The van der Waals surface area contributed by atoms with E-state index in [0.717, 1.165) is 11.1 Å². The van der Waals surface area contributed by atoms with Gasteiger partial charge in [0.1, 0.15) is 0 Å². The third-order valence-corrected chi connectivity index (χ3v) is 2.92. The van der Waals surface area contributed by atoms with Gasteiger partial charge in [-0.05, 0) is 23.6 Å². The largest absolute Gasteiger partial charge is 0.466 e. The molecule has 2 rings (SSSR count). The van der Waals surface area contributed by atoms with Crippen molar-refractivity contribution in [1.82, 2.24) is 0 Å². The zero-order chi connectivity index (χ0) is 16.6. The molecule has 0 heterocycles. The van der Waals surface area contributed by atoms with Crippen molar-refractivity contribution in [2.45, 2.75) is 12.5 Å². The molecule has 0 saturated carbocycles. The van der Waals surface area contributed by atoms with Crippen LogP contribution in [0.25, 0.3) is 10.4 Å². The van der Waals surface area contributed by atoms with Gasteiger partial charge < -0.3 is 14.7 Å². The van der Waals surface area contributed by atoms with Gasteiger partial charge in [0.05, 0.1) is 5.54 Å². The quantitative estimate of drug-likeness (QED) is 0.347. The van der Waals surface area contributed by atoms with E-state index in [4.69, 9.17) is 24.8 Å². The van der Waals surface area contributed by atoms with E-state index in [2.05, 4.69) is 10.0 Å². The lowest BCUT2D eigenvalue weighted by Crippen LogP contribution is -2.19. The maximum absolute atomic E-state index is 8.88. The van der Waals surface area contributed by atoms with Crippen LogP contribution in [0.5, 0.6) is 0 Å². The molecule has 0 spiro atoms. The van der Waals surface area contributed by atoms with Gasteiger partial charge in [-0.15, -0.1) is 0 Å². The van der Waals surface area contributed by atoms with Crippen LogP contribution < -0.4 is 0 Å². The highest BCUT2D eigenvalue weighted by atomic mass is 31.2. The lowest BCUT2D eigenvalue weighted by molar-refractivity contribution is 0.275. The first-order chi connectivity index (χ1) is 10.3. The summed E-state index contributed by atoms with van der Waals surface area (Å²) in [5.74, 6) is 0. The van der Waals surface area contributed by atoms with Crippen LogP contribution in [0.1, 0.15) is 18.1 Å². The van der Waals surface area contributed by atoms with Crippen LogP contribution in [0.15, 0.2) is 65.8 Å². The molecule has 0 atom stereocenters. The Hall–Kier alpha value is -2.14. The standard InChI is InChI=1S/C14H13N3.H3O4P/c1-14(16-17-15,12-8-4-2-5-9-12)13-10-6-3-7-11-13;1-5(2,3)4/h2-11H,1H3;(H3,1,2,3,4). The maximum atomic E-state index is 8.88. The molecule has 0 saturated heterocycles. The molecule has 0 aliphatic rings. The highest BCUT2D eigenvalue weighted by molar-refractivity contribution is 7.45. The summed E-state index contributed by atoms with van der Waals surface area (Å²) in [6.45, 7) is 1.93. The van der Waals surface area contributed by atoms with E-state index in [1.165, 1.54) is 0 Å². The average Bonchev–Trinajstić information content (AvgIpc) is 2.47. The SMILES string of the molecule is CC(N=[N+]=[N-])(c1ccccc1)c1ccccc1.O=P(O)(O)O. The lowest BCUT2D eigenvalue weighted by Gasteiger charge is -2.25. The van der Waals surface area contributed by atoms with E-state index in [0.29, 0.717) is 0 Å². The van der Waals surface area contributed by atoms with Crippen molar-refractivity contribution in [3.63, 3.8) is 0 Å². The Morgan fingerprint density at radius 1 is 0.955 bits per heavy atom. The Morgan fingerprint density at radius 3 is 1.55 bits per heavy atom. The van der Waals surface area contributed by atoms with Gasteiger partial charge in [-0.3, -0.25) is 0 Å². The first-order valence-corrected chi connectivity index (χ1v) is 7.79. The molecule has 3 N–H and O–H groups in total. The molecular formula is C14H16N3O4P. The van der Waals surface area contributed by atoms with Gasteiger partial charge in [-0.2, -0.15) is 0 Å². The normalized spacial score (nSPS) is 10.9. The summed E-state index contributed by atoms with van der Waals surface area (Å²) in [6.07, 6.45) is 0. The summed E-state index contributed by atoms with van der Waals surface area (Å²) >= 11 is 0. The van der Waals surface area contributed by atoms with Gasteiger partial charge in [0.2, 0.25) is 0 Å². The minimum absolute atomic E-state index is 0.655. The van der Waals surface area contributed by atoms with Gasteiger partial charge in [0.15, 0.2) is 0 Å². The molecule has 7 nitrogen and oxygen atoms in total. The Labute approximate surface area is 127 Å². The summed E-state index contributed by atoms with van der Waals surface area (Å²) in [6, 6.07) is 19.6. The molecule has 0 unspecified atom stereocenters. The minimum Gasteiger partial charge on any atom is -0.303 e. The zero-order valence-corrected chi connectivity index (χ0v) is 12.7. The van der Waals surface area contributed by atoms with Crippen molar-refractivity contribution < 1.29 is 19.2 Å². The van der Waals surface area contributed by atoms with Crippen molar-refractivity contribution in [3.8, 4) is 0 Å². The van der Waals surface area contributed by atoms with Gasteiger partial charge in [-0.1, -0.05) is 65.8 Å². The fourth-order valence-electron chi connectivity index (χ4n) is 1.90. The van der Waals surface area contributed by atoms with Crippen molar-refractivity contribution >= 4 is 7.82 Å². The fraction of sp³-hybridized carbons (Fsp3) is 0.143. The molecule has 0 fully saturated rings. The van der Waals surface area contributed by atoms with Crippen LogP contribution in [-0.4, -0.2) is 14.7 Å². The third kappa shape index (κ3) is 5.69. The van der Waals surface area contributed by atoms with E-state index >= 15 is 0 Å². The molecule has 0 aliphatic carbocycles. The van der Waals surface area contributed by atoms with Crippen molar-refractivity contribution in [3.05, 3.63) is 82.2 Å². The van der Waals surface area contributed by atoms with Crippen molar-refractivity contribution in [2.75, 3.05) is 0 Å². The first-order valence-electron chi connectivity index (χ1n) is 6.23. The second kappa shape index (κ2) is 7.75. The second-order valence-corrected chi connectivity index (χ2v) is 5.53. The highest BCUT2D eigenvalue weighted by Gasteiger charge is 2.26. The Morgan fingerprint density at radius 2 is 1.27 bits per heavy atom. The summed E-state index contributed by atoms with van der Waals surface area (Å²) in [4.78, 5) is 24.5. The maximum Gasteiger partial charge on any atom is 0.466 e. The fourth-order valence-corrected chi connectivity index (χ4v) is 1.90. The molecule has 0 aliphatic heterocycles. The first kappa shape index (κ1) is 17.9. The van der Waals surface area contributed by atoms with Crippen LogP contribution in [0, 0.1) is 0 Å². The zero-order valence-electron chi connectivity index (χ0n) is 11.8. The summed E-state index contributed by atoms with van der Waals surface area (Å²) in [5, 5.41) is 3.98. The topological polar surface area (TPSA) is 127 Å². The molecular weight excluding hydrogens is 305 g/mol. The van der Waals surface area contributed by atoms with E-state index < -0.39 is 13.4 Å². The molecule has 22 heavy (non-hydrogen) atoms. The van der Waals surface area contributed by atoms with Crippen molar-refractivity contribution in [1.29, 1.82) is 0 Å². The third-order valence-electron chi connectivity index (χ3n) is 2.92. The van der Waals surface area contributed by atoms with Gasteiger partial charge in [0, 0.05) is 4.91 Å². The number of hydrogen-bond donors (Lipinski definition) is 3. The number of rotatable bonds is 3. The van der Waals surface area contributed by atoms with Gasteiger partial charge in [0.25, 0.3) is 0 Å². The number of azide groups is 1. The monoisotopic (exact) mass is 321 g/mol. The van der Waals surface area contributed by atoms with Crippen LogP contribution in [0.4, 0.5) is 0 Å². The molecule has 8 heteroatoms. The summed E-state index contributed by atoms with van der Waals surface area (Å²) < 4.78 is 8.88. The predicted octanol–water partition coefficient (Wildman–Crippen LogP) is 3.33. The molecule has 116 valence electrons. The minimum atomic E-state index is -4.64. The van der Waals surface area contributed by atoms with E-state index in [1.54, 1.807) is 0 Å². The smallest absolute Gasteiger partial charge is 0.303 e.